The van der Waals surface area contributed by atoms with Crippen molar-refractivity contribution in [2.75, 3.05) is 18.0 Å². The maximum Gasteiger partial charge on any atom is 0.311 e. The first-order valence-corrected chi connectivity index (χ1v) is 6.45. The Balaban J connectivity index is 2.26. The largest absolute Gasteiger partial charge is 0.481 e. The summed E-state index contributed by atoms with van der Waals surface area (Å²) in [5.74, 6) is -0.737. The van der Waals surface area contributed by atoms with Gasteiger partial charge in [-0.1, -0.05) is 13.3 Å². The fraction of sp³-hybridized carbons (Fsp3) is 0.500. The monoisotopic (exact) mass is 259 g/mol. The summed E-state index contributed by atoms with van der Waals surface area (Å²) in [6.45, 7) is 3.11. The Labute approximate surface area is 112 Å². The zero-order chi connectivity index (χ0) is 13.9. The van der Waals surface area contributed by atoms with Gasteiger partial charge in [-0.2, -0.15) is 5.26 Å². The standard InChI is InChI=1S/C14H17N3O2/c1-2-4-14(13(18)19)5-7-17(10-14)12-9-16-6-3-11(12)8-15/h3,6,9H,2,4-5,7,10H2,1H3,(H,18,19). The lowest BCUT2D eigenvalue weighted by molar-refractivity contribution is -0.148. The molecule has 0 amide bonds. The zero-order valence-corrected chi connectivity index (χ0v) is 11.0. The molecule has 2 heterocycles. The fourth-order valence-corrected chi connectivity index (χ4v) is 2.77. The summed E-state index contributed by atoms with van der Waals surface area (Å²) in [4.78, 5) is 17.5. The Hall–Kier alpha value is -2.09. The fourth-order valence-electron chi connectivity index (χ4n) is 2.77. The van der Waals surface area contributed by atoms with Crippen molar-refractivity contribution in [3.8, 4) is 6.07 Å². The third-order valence-electron chi connectivity index (χ3n) is 3.80. The summed E-state index contributed by atoms with van der Waals surface area (Å²) < 4.78 is 0. The Morgan fingerprint density at radius 2 is 2.47 bits per heavy atom. The number of aromatic nitrogens is 1. The first-order chi connectivity index (χ1) is 9.13. The molecular weight excluding hydrogens is 242 g/mol. The molecule has 1 fully saturated rings. The molecule has 5 nitrogen and oxygen atoms in total. The molecule has 0 radical (unpaired) electrons. The Kier molecular flexibility index (Phi) is 3.70. The second kappa shape index (κ2) is 5.27. The van der Waals surface area contributed by atoms with Crippen molar-refractivity contribution in [1.29, 1.82) is 5.26 Å². The van der Waals surface area contributed by atoms with E-state index in [0.717, 1.165) is 12.1 Å². The molecule has 1 atom stereocenters. The number of pyridine rings is 1. The van der Waals surface area contributed by atoms with Gasteiger partial charge in [0.2, 0.25) is 0 Å². The molecule has 1 N–H and O–H groups in total. The zero-order valence-electron chi connectivity index (χ0n) is 11.0. The van der Waals surface area contributed by atoms with E-state index < -0.39 is 11.4 Å². The number of anilines is 1. The predicted molar refractivity (Wildman–Crippen MR) is 70.8 cm³/mol. The summed E-state index contributed by atoms with van der Waals surface area (Å²) in [5.41, 5.74) is 0.606. The van der Waals surface area contributed by atoms with E-state index in [9.17, 15) is 9.90 Å². The van der Waals surface area contributed by atoms with Crippen molar-refractivity contribution < 1.29 is 9.90 Å². The molecule has 0 saturated carbocycles. The van der Waals surface area contributed by atoms with Crippen LogP contribution in [0.15, 0.2) is 18.5 Å². The molecule has 5 heteroatoms. The van der Waals surface area contributed by atoms with Crippen LogP contribution in [-0.2, 0) is 4.79 Å². The molecule has 100 valence electrons. The Morgan fingerprint density at radius 1 is 1.68 bits per heavy atom. The van der Waals surface area contributed by atoms with E-state index in [1.807, 2.05) is 11.8 Å². The van der Waals surface area contributed by atoms with Crippen LogP contribution in [0, 0.1) is 16.7 Å². The summed E-state index contributed by atoms with van der Waals surface area (Å²) in [6.07, 6.45) is 5.35. The highest BCUT2D eigenvalue weighted by Crippen LogP contribution is 2.38. The van der Waals surface area contributed by atoms with Crippen LogP contribution in [0.5, 0.6) is 0 Å². The lowest BCUT2D eigenvalue weighted by Crippen LogP contribution is -2.34. The molecule has 2 rings (SSSR count). The van der Waals surface area contributed by atoms with Crippen molar-refractivity contribution >= 4 is 11.7 Å². The molecule has 19 heavy (non-hydrogen) atoms. The number of nitriles is 1. The maximum absolute atomic E-state index is 11.5. The molecule has 1 aromatic heterocycles. The van der Waals surface area contributed by atoms with Gasteiger partial charge in [-0.05, 0) is 18.9 Å². The van der Waals surface area contributed by atoms with Gasteiger partial charge >= 0.3 is 5.97 Å². The second-order valence-corrected chi connectivity index (χ2v) is 5.01. The molecule has 1 aliphatic rings. The molecule has 0 aliphatic carbocycles. The first-order valence-electron chi connectivity index (χ1n) is 6.45. The van der Waals surface area contributed by atoms with Crippen molar-refractivity contribution in [1.82, 2.24) is 4.98 Å². The number of aliphatic carboxylic acids is 1. The van der Waals surface area contributed by atoms with Crippen molar-refractivity contribution in [3.05, 3.63) is 24.0 Å². The van der Waals surface area contributed by atoms with E-state index >= 15 is 0 Å². The van der Waals surface area contributed by atoms with Gasteiger partial charge in [-0.25, -0.2) is 0 Å². The number of hydrogen-bond acceptors (Lipinski definition) is 4. The summed E-state index contributed by atoms with van der Waals surface area (Å²) in [6, 6.07) is 3.79. The van der Waals surface area contributed by atoms with Gasteiger partial charge < -0.3 is 10.0 Å². The van der Waals surface area contributed by atoms with Gasteiger partial charge in [-0.3, -0.25) is 9.78 Å². The SMILES string of the molecule is CCCC1(C(=O)O)CCN(c2cnccc2C#N)C1. The van der Waals surface area contributed by atoms with E-state index in [1.54, 1.807) is 18.5 Å². The van der Waals surface area contributed by atoms with Crippen LogP contribution in [0.25, 0.3) is 0 Å². The summed E-state index contributed by atoms with van der Waals surface area (Å²) >= 11 is 0. The molecule has 1 saturated heterocycles. The minimum absolute atomic E-state index is 0.455. The quantitative estimate of drug-likeness (QED) is 0.895. The summed E-state index contributed by atoms with van der Waals surface area (Å²) in [5, 5.41) is 18.6. The average Bonchev–Trinajstić information content (AvgIpc) is 2.84. The van der Waals surface area contributed by atoms with Crippen LogP contribution in [0.1, 0.15) is 31.7 Å². The number of hydrogen-bond donors (Lipinski definition) is 1. The molecule has 0 bridgehead atoms. The van der Waals surface area contributed by atoms with Gasteiger partial charge in [0, 0.05) is 19.3 Å². The third kappa shape index (κ3) is 2.39. The van der Waals surface area contributed by atoms with E-state index in [1.165, 1.54) is 0 Å². The third-order valence-corrected chi connectivity index (χ3v) is 3.80. The number of nitrogens with zero attached hydrogens (tertiary/aromatic N) is 3. The van der Waals surface area contributed by atoms with Crippen molar-refractivity contribution in [3.63, 3.8) is 0 Å². The van der Waals surface area contributed by atoms with Gasteiger partial charge in [0.15, 0.2) is 0 Å². The molecule has 1 aromatic rings. The number of carboxylic acids is 1. The van der Waals surface area contributed by atoms with Crippen LogP contribution in [0.2, 0.25) is 0 Å². The Bertz CT molecular complexity index is 524. The average molecular weight is 259 g/mol. The number of carbonyl (C=O) groups is 1. The molecule has 0 aromatic carbocycles. The normalized spacial score (nSPS) is 22.2. The highest BCUT2D eigenvalue weighted by atomic mass is 16.4. The van der Waals surface area contributed by atoms with E-state index in [4.69, 9.17) is 5.26 Å². The van der Waals surface area contributed by atoms with Crippen LogP contribution >= 0.6 is 0 Å². The molecular formula is C14H17N3O2. The van der Waals surface area contributed by atoms with Crippen LogP contribution in [-0.4, -0.2) is 29.1 Å². The topological polar surface area (TPSA) is 77.2 Å². The smallest absolute Gasteiger partial charge is 0.311 e. The molecule has 1 aliphatic heterocycles. The molecule has 1 unspecified atom stereocenters. The van der Waals surface area contributed by atoms with Gasteiger partial charge in [-0.15, -0.1) is 0 Å². The number of rotatable bonds is 4. The first kappa shape index (κ1) is 13.3. The maximum atomic E-state index is 11.5. The Morgan fingerprint density at radius 3 is 3.11 bits per heavy atom. The van der Waals surface area contributed by atoms with Gasteiger partial charge in [0.25, 0.3) is 0 Å². The lowest BCUT2D eigenvalue weighted by Gasteiger charge is -2.25. The second-order valence-electron chi connectivity index (χ2n) is 5.01. The van der Waals surface area contributed by atoms with E-state index in [0.29, 0.717) is 31.5 Å². The van der Waals surface area contributed by atoms with Crippen molar-refractivity contribution in [2.24, 2.45) is 5.41 Å². The molecule has 0 spiro atoms. The highest BCUT2D eigenvalue weighted by molar-refractivity contribution is 5.77. The van der Waals surface area contributed by atoms with Gasteiger partial charge in [0.05, 0.1) is 22.9 Å². The van der Waals surface area contributed by atoms with Crippen LogP contribution in [0.4, 0.5) is 5.69 Å². The van der Waals surface area contributed by atoms with Crippen molar-refractivity contribution in [2.45, 2.75) is 26.2 Å². The lowest BCUT2D eigenvalue weighted by atomic mass is 9.83. The van der Waals surface area contributed by atoms with Gasteiger partial charge in [0.1, 0.15) is 6.07 Å². The summed E-state index contributed by atoms with van der Waals surface area (Å²) in [7, 11) is 0. The minimum atomic E-state index is -0.737. The highest BCUT2D eigenvalue weighted by Gasteiger charge is 2.44. The number of carboxylic acid groups (broad SMARTS) is 1. The minimum Gasteiger partial charge on any atom is -0.481 e. The van der Waals surface area contributed by atoms with Crippen LogP contribution < -0.4 is 4.90 Å². The van der Waals surface area contributed by atoms with E-state index in [-0.39, 0.29) is 0 Å². The van der Waals surface area contributed by atoms with Crippen LogP contribution in [0.3, 0.4) is 0 Å². The predicted octanol–water partition coefficient (Wildman–Crippen LogP) is 2.03. The van der Waals surface area contributed by atoms with E-state index in [2.05, 4.69) is 11.1 Å².